The lowest BCUT2D eigenvalue weighted by Crippen LogP contribution is -2.41. The Hall–Kier alpha value is -1.40. The lowest BCUT2D eigenvalue weighted by Gasteiger charge is -2.24. The highest BCUT2D eigenvalue weighted by Gasteiger charge is 2.22. The van der Waals surface area contributed by atoms with Gasteiger partial charge in [0, 0.05) is 30.3 Å². The van der Waals surface area contributed by atoms with Gasteiger partial charge in [0.25, 0.3) is 0 Å². The summed E-state index contributed by atoms with van der Waals surface area (Å²) < 4.78 is 2.86. The smallest absolute Gasteiger partial charge is 0.220 e. The molecule has 3 rings (SSSR count). The van der Waals surface area contributed by atoms with Crippen LogP contribution in [0.4, 0.5) is 0 Å². The van der Waals surface area contributed by atoms with Crippen molar-refractivity contribution in [1.82, 2.24) is 20.1 Å². The predicted molar refractivity (Wildman–Crippen MR) is 82.7 cm³/mol. The summed E-state index contributed by atoms with van der Waals surface area (Å²) in [4.78, 5) is 13.2. The molecule has 3 heterocycles. The Morgan fingerprint density at radius 3 is 3.14 bits per heavy atom. The summed E-state index contributed by atoms with van der Waals surface area (Å²) in [7, 11) is 0. The summed E-state index contributed by atoms with van der Waals surface area (Å²) in [5.41, 5.74) is 0. The average Bonchev–Trinajstić information content (AvgIpc) is 3.04. The minimum Gasteiger partial charge on any atom is -0.352 e. The van der Waals surface area contributed by atoms with Crippen LogP contribution in [0.3, 0.4) is 0 Å². The van der Waals surface area contributed by atoms with E-state index in [-0.39, 0.29) is 11.9 Å². The van der Waals surface area contributed by atoms with Crippen molar-refractivity contribution in [2.45, 2.75) is 45.2 Å². The maximum Gasteiger partial charge on any atom is 0.220 e. The molecule has 1 aliphatic heterocycles. The van der Waals surface area contributed by atoms with Crippen molar-refractivity contribution in [3.8, 4) is 0 Å². The third-order valence-electron chi connectivity index (χ3n) is 3.72. The molecule has 0 aliphatic carbocycles. The first-order chi connectivity index (χ1) is 10.1. The third kappa shape index (κ3) is 3.44. The van der Waals surface area contributed by atoms with Crippen molar-refractivity contribution in [2.24, 2.45) is 0 Å². The molecular formula is C14H17ClN4OS. The zero-order valence-electron chi connectivity index (χ0n) is 11.8. The molecule has 0 unspecified atom stereocenters. The van der Waals surface area contributed by atoms with Crippen LogP contribution < -0.4 is 5.32 Å². The van der Waals surface area contributed by atoms with Crippen LogP contribution in [-0.2, 0) is 24.2 Å². The quantitative estimate of drug-likeness (QED) is 0.939. The first-order valence-corrected chi connectivity index (χ1v) is 8.23. The molecule has 21 heavy (non-hydrogen) atoms. The minimum absolute atomic E-state index is 0.0960. The number of carbonyl (C=O) groups excluding carboxylic acids is 1. The summed E-state index contributed by atoms with van der Waals surface area (Å²) in [6.45, 7) is 2.71. The molecule has 0 bridgehead atoms. The maximum atomic E-state index is 12.0. The molecule has 1 atom stereocenters. The number of aryl methyl sites for hydroxylation is 3. The van der Waals surface area contributed by atoms with Crippen LogP contribution in [0.5, 0.6) is 0 Å². The van der Waals surface area contributed by atoms with E-state index in [0.717, 1.165) is 46.7 Å². The topological polar surface area (TPSA) is 59.8 Å². The van der Waals surface area contributed by atoms with Gasteiger partial charge in [0.2, 0.25) is 5.91 Å². The van der Waals surface area contributed by atoms with E-state index < -0.39 is 0 Å². The van der Waals surface area contributed by atoms with Crippen LogP contribution in [0.25, 0.3) is 0 Å². The van der Waals surface area contributed by atoms with Crippen molar-refractivity contribution in [1.29, 1.82) is 0 Å². The molecule has 0 radical (unpaired) electrons. The molecule has 0 fully saturated rings. The summed E-state index contributed by atoms with van der Waals surface area (Å²) in [6.07, 6.45) is 3.04. The molecule has 2 aromatic heterocycles. The number of hydrogen-bond acceptors (Lipinski definition) is 4. The Labute approximate surface area is 132 Å². The highest BCUT2D eigenvalue weighted by Crippen LogP contribution is 2.22. The average molecular weight is 325 g/mol. The Morgan fingerprint density at radius 2 is 2.38 bits per heavy atom. The van der Waals surface area contributed by atoms with Crippen molar-refractivity contribution < 1.29 is 4.79 Å². The second kappa shape index (κ2) is 6.15. The first kappa shape index (κ1) is 14.5. The van der Waals surface area contributed by atoms with Crippen LogP contribution in [0.2, 0.25) is 4.34 Å². The number of nitrogens with one attached hydrogen (secondary N) is 1. The molecule has 1 amide bonds. The van der Waals surface area contributed by atoms with E-state index in [9.17, 15) is 4.79 Å². The van der Waals surface area contributed by atoms with Gasteiger partial charge in [0.05, 0.1) is 4.34 Å². The molecule has 0 spiro atoms. The van der Waals surface area contributed by atoms with Gasteiger partial charge >= 0.3 is 0 Å². The SMILES string of the molecule is Cc1nnc2n1C[C@@H](NC(=O)CCc1ccc(Cl)s1)CC2. The fourth-order valence-corrected chi connectivity index (χ4v) is 3.69. The highest BCUT2D eigenvalue weighted by atomic mass is 35.5. The van der Waals surface area contributed by atoms with Gasteiger partial charge in [0.15, 0.2) is 0 Å². The molecule has 5 nitrogen and oxygen atoms in total. The maximum absolute atomic E-state index is 12.0. The zero-order valence-corrected chi connectivity index (χ0v) is 13.4. The number of aromatic nitrogens is 3. The number of fused-ring (bicyclic) bond motifs is 1. The Kier molecular flexibility index (Phi) is 4.26. The molecular weight excluding hydrogens is 308 g/mol. The van der Waals surface area contributed by atoms with Gasteiger partial charge in [-0.05, 0) is 31.9 Å². The van der Waals surface area contributed by atoms with Gasteiger partial charge in [-0.15, -0.1) is 21.5 Å². The largest absolute Gasteiger partial charge is 0.352 e. The second-order valence-electron chi connectivity index (χ2n) is 5.28. The summed E-state index contributed by atoms with van der Waals surface area (Å²) >= 11 is 7.42. The Morgan fingerprint density at radius 1 is 1.52 bits per heavy atom. The normalized spacial score (nSPS) is 17.5. The summed E-state index contributed by atoms with van der Waals surface area (Å²) in [6, 6.07) is 4.02. The molecule has 1 N–H and O–H groups in total. The zero-order chi connectivity index (χ0) is 14.8. The first-order valence-electron chi connectivity index (χ1n) is 7.04. The number of rotatable bonds is 4. The number of amides is 1. The number of halogens is 1. The predicted octanol–water partition coefficient (Wildman–Crippen LogP) is 2.37. The van der Waals surface area contributed by atoms with E-state index in [1.807, 2.05) is 19.1 Å². The van der Waals surface area contributed by atoms with Crippen molar-refractivity contribution >= 4 is 28.8 Å². The van der Waals surface area contributed by atoms with Gasteiger partial charge < -0.3 is 9.88 Å². The lowest BCUT2D eigenvalue weighted by atomic mass is 10.1. The van der Waals surface area contributed by atoms with E-state index in [4.69, 9.17) is 11.6 Å². The molecule has 0 aromatic carbocycles. The van der Waals surface area contributed by atoms with Crippen molar-refractivity contribution in [3.05, 3.63) is 33.0 Å². The number of nitrogens with zero attached hydrogens (tertiary/aromatic N) is 3. The molecule has 0 saturated carbocycles. The van der Waals surface area contributed by atoms with E-state index >= 15 is 0 Å². The second-order valence-corrected chi connectivity index (χ2v) is 7.08. The number of thiophene rings is 1. The van der Waals surface area contributed by atoms with Gasteiger partial charge in [-0.1, -0.05) is 11.6 Å². The number of carbonyl (C=O) groups is 1. The van der Waals surface area contributed by atoms with E-state index in [2.05, 4.69) is 20.1 Å². The van der Waals surface area contributed by atoms with E-state index in [1.165, 1.54) is 11.3 Å². The van der Waals surface area contributed by atoms with Gasteiger partial charge in [0.1, 0.15) is 11.6 Å². The van der Waals surface area contributed by atoms with Gasteiger partial charge in [-0.2, -0.15) is 0 Å². The van der Waals surface area contributed by atoms with Crippen molar-refractivity contribution in [3.63, 3.8) is 0 Å². The lowest BCUT2D eigenvalue weighted by molar-refractivity contribution is -0.121. The van der Waals surface area contributed by atoms with Crippen LogP contribution in [0, 0.1) is 6.92 Å². The monoisotopic (exact) mass is 324 g/mol. The summed E-state index contributed by atoms with van der Waals surface area (Å²) in [5.74, 6) is 2.03. The number of hydrogen-bond donors (Lipinski definition) is 1. The van der Waals surface area contributed by atoms with E-state index in [0.29, 0.717) is 6.42 Å². The molecule has 7 heteroatoms. The minimum atomic E-state index is 0.0960. The Bertz CT molecular complexity index is 651. The van der Waals surface area contributed by atoms with Crippen molar-refractivity contribution in [2.75, 3.05) is 0 Å². The van der Waals surface area contributed by atoms with Crippen LogP contribution in [-0.4, -0.2) is 26.7 Å². The van der Waals surface area contributed by atoms with Crippen LogP contribution >= 0.6 is 22.9 Å². The highest BCUT2D eigenvalue weighted by molar-refractivity contribution is 7.16. The molecule has 1 aliphatic rings. The fourth-order valence-electron chi connectivity index (χ4n) is 2.60. The van der Waals surface area contributed by atoms with Gasteiger partial charge in [-0.3, -0.25) is 4.79 Å². The molecule has 0 saturated heterocycles. The standard InChI is InChI=1S/C14H17ClN4OS/c1-9-17-18-13-6-2-10(8-19(9)13)16-14(20)7-4-11-3-5-12(15)21-11/h3,5,10H,2,4,6-8H2,1H3,(H,16,20)/t10-/m0/s1. The van der Waals surface area contributed by atoms with E-state index in [1.54, 1.807) is 0 Å². The van der Waals surface area contributed by atoms with Crippen LogP contribution in [0.1, 0.15) is 29.4 Å². The Balaban J connectivity index is 1.50. The van der Waals surface area contributed by atoms with Gasteiger partial charge in [-0.25, -0.2) is 0 Å². The third-order valence-corrected chi connectivity index (χ3v) is 5.02. The van der Waals surface area contributed by atoms with Crippen LogP contribution in [0.15, 0.2) is 12.1 Å². The summed E-state index contributed by atoms with van der Waals surface area (Å²) in [5, 5.41) is 11.3. The molecule has 2 aromatic rings. The fraction of sp³-hybridized carbons (Fsp3) is 0.500. The molecule has 112 valence electrons.